The van der Waals surface area contributed by atoms with Crippen LogP contribution < -0.4 is 16.4 Å². The van der Waals surface area contributed by atoms with Crippen LogP contribution in [0.3, 0.4) is 0 Å². The molecule has 0 bridgehead atoms. The van der Waals surface area contributed by atoms with Gasteiger partial charge in [-0.25, -0.2) is 0 Å². The molecule has 2 amide bonds. The van der Waals surface area contributed by atoms with Gasteiger partial charge < -0.3 is 16.4 Å². The summed E-state index contributed by atoms with van der Waals surface area (Å²) < 4.78 is 0. The van der Waals surface area contributed by atoms with Gasteiger partial charge in [0.05, 0.1) is 5.54 Å². The van der Waals surface area contributed by atoms with E-state index in [1.165, 1.54) is 0 Å². The van der Waals surface area contributed by atoms with Gasteiger partial charge in [-0.15, -0.1) is 0 Å². The second-order valence-corrected chi connectivity index (χ2v) is 4.51. The third kappa shape index (κ3) is 4.29. The zero-order valence-corrected chi connectivity index (χ0v) is 9.30. The zero-order valence-electron chi connectivity index (χ0n) is 9.30. The molecule has 15 heavy (non-hydrogen) atoms. The minimum atomic E-state index is -0.750. The summed E-state index contributed by atoms with van der Waals surface area (Å²) in [7, 11) is 0. The van der Waals surface area contributed by atoms with Crippen LogP contribution in [0.25, 0.3) is 0 Å². The van der Waals surface area contributed by atoms with Crippen LogP contribution in [-0.4, -0.2) is 29.9 Å². The molecule has 0 aromatic rings. The highest BCUT2D eigenvalue weighted by molar-refractivity contribution is 5.83. The Hall–Kier alpha value is -1.10. The molecule has 0 heterocycles. The molecule has 1 fully saturated rings. The minimum Gasteiger partial charge on any atom is -0.368 e. The highest BCUT2D eigenvalue weighted by Crippen LogP contribution is 2.18. The molecule has 0 spiro atoms. The van der Waals surface area contributed by atoms with Gasteiger partial charge in [-0.1, -0.05) is 0 Å². The highest BCUT2D eigenvalue weighted by atomic mass is 16.2. The van der Waals surface area contributed by atoms with E-state index in [-0.39, 0.29) is 5.91 Å². The van der Waals surface area contributed by atoms with Crippen molar-refractivity contribution in [3.63, 3.8) is 0 Å². The monoisotopic (exact) mass is 213 g/mol. The van der Waals surface area contributed by atoms with Crippen LogP contribution in [0, 0.1) is 0 Å². The Bertz CT molecular complexity index is 259. The number of amides is 2. The zero-order chi connectivity index (χ0) is 11.5. The van der Waals surface area contributed by atoms with Crippen LogP contribution in [0.2, 0.25) is 0 Å². The van der Waals surface area contributed by atoms with Crippen molar-refractivity contribution in [3.05, 3.63) is 0 Å². The molecule has 5 heteroatoms. The Morgan fingerprint density at radius 2 is 2.00 bits per heavy atom. The number of primary amides is 1. The van der Waals surface area contributed by atoms with E-state index in [2.05, 4.69) is 10.6 Å². The van der Waals surface area contributed by atoms with Gasteiger partial charge in [0.15, 0.2) is 0 Å². The lowest BCUT2D eigenvalue weighted by Crippen LogP contribution is -2.51. The second kappa shape index (κ2) is 4.61. The van der Waals surface area contributed by atoms with Crippen molar-refractivity contribution < 1.29 is 9.59 Å². The van der Waals surface area contributed by atoms with Crippen molar-refractivity contribution >= 4 is 11.8 Å². The Labute approximate surface area is 89.8 Å². The molecule has 1 aliphatic carbocycles. The first kappa shape index (κ1) is 12.0. The van der Waals surface area contributed by atoms with E-state index in [1.807, 2.05) is 0 Å². The van der Waals surface area contributed by atoms with Gasteiger partial charge >= 0.3 is 0 Å². The van der Waals surface area contributed by atoms with Crippen LogP contribution in [0.1, 0.15) is 33.1 Å². The van der Waals surface area contributed by atoms with Gasteiger partial charge in [0.2, 0.25) is 11.8 Å². The summed E-state index contributed by atoms with van der Waals surface area (Å²) in [5, 5.41) is 5.82. The molecule has 0 unspecified atom stereocenters. The number of carbonyl (C=O) groups is 2. The Morgan fingerprint density at radius 1 is 1.40 bits per heavy atom. The molecule has 5 nitrogen and oxygen atoms in total. The molecule has 0 atom stereocenters. The molecule has 0 radical (unpaired) electrons. The first-order valence-electron chi connectivity index (χ1n) is 5.26. The van der Waals surface area contributed by atoms with Crippen LogP contribution in [0.5, 0.6) is 0 Å². The number of carbonyl (C=O) groups excluding carboxylic acids is 2. The second-order valence-electron chi connectivity index (χ2n) is 4.51. The molecular weight excluding hydrogens is 194 g/mol. The van der Waals surface area contributed by atoms with E-state index in [9.17, 15) is 9.59 Å². The fourth-order valence-corrected chi connectivity index (χ4v) is 1.10. The first-order chi connectivity index (χ1) is 6.92. The summed E-state index contributed by atoms with van der Waals surface area (Å²) >= 11 is 0. The lowest BCUT2D eigenvalue weighted by Gasteiger charge is -2.21. The van der Waals surface area contributed by atoms with Crippen molar-refractivity contribution in [2.24, 2.45) is 5.73 Å². The Kier molecular flexibility index (Phi) is 3.68. The van der Waals surface area contributed by atoms with Crippen LogP contribution >= 0.6 is 0 Å². The van der Waals surface area contributed by atoms with Gasteiger partial charge in [-0.2, -0.15) is 0 Å². The van der Waals surface area contributed by atoms with Crippen LogP contribution in [0.4, 0.5) is 0 Å². The minimum absolute atomic E-state index is 0.0327. The summed E-state index contributed by atoms with van der Waals surface area (Å²) in [6.45, 7) is 3.87. The Morgan fingerprint density at radius 3 is 2.47 bits per heavy atom. The van der Waals surface area contributed by atoms with Crippen molar-refractivity contribution in [2.45, 2.75) is 44.7 Å². The molecule has 1 aliphatic rings. The fourth-order valence-electron chi connectivity index (χ4n) is 1.10. The number of rotatable bonds is 6. The van der Waals surface area contributed by atoms with Crippen molar-refractivity contribution in [1.82, 2.24) is 10.6 Å². The lowest BCUT2D eigenvalue weighted by atomic mass is 10.1. The largest absolute Gasteiger partial charge is 0.368 e. The summed E-state index contributed by atoms with van der Waals surface area (Å²) in [6, 6.07) is 0.390. The first-order valence-corrected chi connectivity index (χ1v) is 5.26. The number of hydrogen-bond acceptors (Lipinski definition) is 3. The quantitative estimate of drug-likeness (QED) is 0.556. The predicted octanol–water partition coefficient (Wildman–Crippen LogP) is -0.491. The van der Waals surface area contributed by atoms with Gasteiger partial charge in [0.25, 0.3) is 0 Å². The normalized spacial score (nSPS) is 16.1. The smallest absolute Gasteiger partial charge is 0.237 e. The maximum atomic E-state index is 11.3. The topological polar surface area (TPSA) is 84.2 Å². The molecule has 0 saturated heterocycles. The van der Waals surface area contributed by atoms with Crippen molar-refractivity contribution in [1.29, 1.82) is 0 Å². The van der Waals surface area contributed by atoms with Gasteiger partial charge in [0, 0.05) is 19.0 Å². The van der Waals surface area contributed by atoms with E-state index in [4.69, 9.17) is 5.73 Å². The summed E-state index contributed by atoms with van der Waals surface area (Å²) in [6.07, 6.45) is 2.56. The van der Waals surface area contributed by atoms with Gasteiger partial charge in [-0.05, 0) is 26.7 Å². The maximum absolute atomic E-state index is 11.3. The molecule has 4 N–H and O–H groups in total. The molecule has 0 aromatic carbocycles. The summed E-state index contributed by atoms with van der Waals surface area (Å²) in [5.41, 5.74) is 4.43. The van der Waals surface area contributed by atoms with E-state index >= 15 is 0 Å². The van der Waals surface area contributed by atoms with Crippen molar-refractivity contribution in [2.75, 3.05) is 6.54 Å². The fraction of sp³-hybridized carbons (Fsp3) is 0.800. The van der Waals surface area contributed by atoms with E-state index in [0.717, 1.165) is 12.8 Å². The molecule has 1 saturated carbocycles. The number of nitrogens with two attached hydrogens (primary N) is 1. The van der Waals surface area contributed by atoms with E-state index in [1.54, 1.807) is 13.8 Å². The van der Waals surface area contributed by atoms with E-state index in [0.29, 0.717) is 19.0 Å². The molecular formula is C10H19N3O2. The third-order valence-corrected chi connectivity index (χ3v) is 2.48. The predicted molar refractivity (Wildman–Crippen MR) is 57.1 cm³/mol. The van der Waals surface area contributed by atoms with E-state index < -0.39 is 11.4 Å². The van der Waals surface area contributed by atoms with Crippen LogP contribution in [0.15, 0.2) is 0 Å². The SMILES string of the molecule is CC(C)(NCCC(=O)NC1CC1)C(N)=O. The standard InChI is InChI=1S/C10H19N3O2/c1-10(2,9(11)15)12-6-5-8(14)13-7-3-4-7/h7,12H,3-6H2,1-2H3,(H2,11,15)(H,13,14). The molecule has 86 valence electrons. The number of nitrogens with one attached hydrogen (secondary N) is 2. The van der Waals surface area contributed by atoms with Gasteiger partial charge in [-0.3, -0.25) is 9.59 Å². The molecule has 0 aliphatic heterocycles. The average molecular weight is 213 g/mol. The average Bonchev–Trinajstić information content (AvgIpc) is 2.87. The van der Waals surface area contributed by atoms with Gasteiger partial charge in [0.1, 0.15) is 0 Å². The van der Waals surface area contributed by atoms with Crippen LogP contribution in [-0.2, 0) is 9.59 Å². The lowest BCUT2D eigenvalue weighted by molar-refractivity contribution is -0.124. The maximum Gasteiger partial charge on any atom is 0.237 e. The number of hydrogen-bond donors (Lipinski definition) is 3. The Balaban J connectivity index is 2.14. The third-order valence-electron chi connectivity index (χ3n) is 2.48. The molecule has 0 aromatic heterocycles. The molecule has 1 rings (SSSR count). The highest BCUT2D eigenvalue weighted by Gasteiger charge is 2.25. The summed E-state index contributed by atoms with van der Waals surface area (Å²) in [5.74, 6) is -0.379. The van der Waals surface area contributed by atoms with Crippen molar-refractivity contribution in [3.8, 4) is 0 Å². The summed E-state index contributed by atoms with van der Waals surface area (Å²) in [4.78, 5) is 22.2.